The second-order valence-electron chi connectivity index (χ2n) is 15.5. The summed E-state index contributed by atoms with van der Waals surface area (Å²) < 4.78 is 23.4. The van der Waals surface area contributed by atoms with Crippen LogP contribution in [-0.2, 0) is 18.4 Å². The van der Waals surface area contributed by atoms with E-state index in [2.05, 4.69) is 55.6 Å². The fraction of sp³-hybridized carbons (Fsp3) is 0.833. The summed E-state index contributed by atoms with van der Waals surface area (Å²) in [6.45, 7) is 4.51. The number of carbonyl (C=O) groups excluding carboxylic acids is 1. The number of aliphatic hydroxyl groups is 2. The lowest BCUT2D eigenvalue weighted by Gasteiger charge is -2.28. The SMILES string of the molecule is CCCCC/C=C/CC/C=C/CCCC(O)C(O)C(COP(=O)(O)OCC[N+](C)(C)C)NC(=O)CCCCCCC/C=C\CCCCCCCCC. The Morgan fingerprint density at radius 3 is 1.63 bits per heavy atom. The van der Waals surface area contributed by atoms with Crippen molar-refractivity contribution >= 4 is 13.7 Å². The number of nitrogens with one attached hydrogen (secondary N) is 1. The minimum absolute atomic E-state index is 0.0117. The molecule has 306 valence electrons. The number of amides is 1. The third-order valence-electron chi connectivity index (χ3n) is 9.18. The molecule has 52 heavy (non-hydrogen) atoms. The molecule has 0 aliphatic carbocycles. The molecule has 0 spiro atoms. The fourth-order valence-electron chi connectivity index (χ4n) is 5.74. The van der Waals surface area contributed by atoms with Gasteiger partial charge in [0.2, 0.25) is 5.91 Å². The van der Waals surface area contributed by atoms with Crippen LogP contribution in [0.2, 0.25) is 0 Å². The fourth-order valence-corrected chi connectivity index (χ4v) is 6.48. The molecule has 0 fully saturated rings. The Labute approximate surface area is 319 Å². The van der Waals surface area contributed by atoms with Crippen LogP contribution in [0, 0.1) is 0 Å². The van der Waals surface area contributed by atoms with Gasteiger partial charge in [-0.15, -0.1) is 0 Å². The van der Waals surface area contributed by atoms with Gasteiger partial charge in [0.1, 0.15) is 19.3 Å². The van der Waals surface area contributed by atoms with Crippen LogP contribution >= 0.6 is 7.82 Å². The van der Waals surface area contributed by atoms with Crippen molar-refractivity contribution in [3.63, 3.8) is 0 Å². The number of hydrogen-bond acceptors (Lipinski definition) is 6. The van der Waals surface area contributed by atoms with E-state index >= 15 is 0 Å². The first kappa shape index (κ1) is 50.7. The smallest absolute Gasteiger partial charge is 0.390 e. The molecule has 0 aromatic rings. The molecule has 9 nitrogen and oxygen atoms in total. The van der Waals surface area contributed by atoms with E-state index < -0.39 is 32.7 Å². The summed E-state index contributed by atoms with van der Waals surface area (Å²) in [6.07, 6.45) is 36.3. The quantitative estimate of drug-likeness (QED) is 0.0215. The molecule has 0 aromatic heterocycles. The monoisotopic (exact) mass is 758 g/mol. The van der Waals surface area contributed by atoms with Crippen LogP contribution in [0.3, 0.4) is 0 Å². The number of nitrogens with zero attached hydrogens (tertiary/aromatic N) is 1. The van der Waals surface area contributed by atoms with Gasteiger partial charge < -0.3 is 24.9 Å². The predicted octanol–water partition coefficient (Wildman–Crippen LogP) is 10.1. The highest BCUT2D eigenvalue weighted by Gasteiger charge is 2.31. The van der Waals surface area contributed by atoms with E-state index in [1.54, 1.807) is 0 Å². The summed E-state index contributed by atoms with van der Waals surface area (Å²) >= 11 is 0. The summed E-state index contributed by atoms with van der Waals surface area (Å²) in [4.78, 5) is 23.1. The van der Waals surface area contributed by atoms with E-state index in [9.17, 15) is 24.5 Å². The van der Waals surface area contributed by atoms with Crippen molar-refractivity contribution < 1.29 is 38.0 Å². The number of carbonyl (C=O) groups is 1. The summed E-state index contributed by atoms with van der Waals surface area (Å²) in [5.41, 5.74) is 0. The number of phosphoric acid groups is 1. The number of unbranched alkanes of at least 4 members (excludes halogenated alkanes) is 17. The number of aliphatic hydroxyl groups excluding tert-OH is 2. The molecule has 4 unspecified atom stereocenters. The number of rotatable bonds is 37. The van der Waals surface area contributed by atoms with E-state index in [1.165, 1.54) is 70.6 Å². The van der Waals surface area contributed by atoms with Crippen LogP contribution in [0.15, 0.2) is 36.5 Å². The molecule has 4 atom stereocenters. The highest BCUT2D eigenvalue weighted by molar-refractivity contribution is 7.47. The Hall–Kier alpha value is -1.32. The lowest BCUT2D eigenvalue weighted by molar-refractivity contribution is -0.870. The zero-order valence-corrected chi connectivity index (χ0v) is 35.1. The zero-order valence-electron chi connectivity index (χ0n) is 34.2. The lowest BCUT2D eigenvalue weighted by Crippen LogP contribution is -2.51. The third kappa shape index (κ3) is 34.4. The predicted molar refractivity (Wildman–Crippen MR) is 218 cm³/mol. The number of hydrogen-bond donors (Lipinski definition) is 4. The molecule has 0 radical (unpaired) electrons. The molecule has 1 amide bonds. The summed E-state index contributed by atoms with van der Waals surface area (Å²) in [5, 5.41) is 24.5. The van der Waals surface area contributed by atoms with Gasteiger partial charge in [0.25, 0.3) is 0 Å². The highest BCUT2D eigenvalue weighted by atomic mass is 31.2. The van der Waals surface area contributed by atoms with Gasteiger partial charge >= 0.3 is 7.82 Å². The van der Waals surface area contributed by atoms with Gasteiger partial charge in [-0.05, 0) is 77.0 Å². The van der Waals surface area contributed by atoms with Crippen molar-refractivity contribution in [2.75, 3.05) is 40.9 Å². The van der Waals surface area contributed by atoms with Crippen LogP contribution in [0.5, 0.6) is 0 Å². The van der Waals surface area contributed by atoms with E-state index in [4.69, 9.17) is 9.05 Å². The van der Waals surface area contributed by atoms with E-state index in [1.807, 2.05) is 21.1 Å². The molecule has 0 aromatic carbocycles. The van der Waals surface area contributed by atoms with E-state index in [0.29, 0.717) is 30.3 Å². The number of phosphoric ester groups is 1. The molecule has 0 aliphatic heterocycles. The Kier molecular flexibility index (Phi) is 33.3. The van der Waals surface area contributed by atoms with Gasteiger partial charge in [-0.2, -0.15) is 0 Å². The van der Waals surface area contributed by atoms with E-state index in [0.717, 1.165) is 57.8 Å². The normalized spacial score (nSPS) is 15.5. The average molecular weight is 758 g/mol. The van der Waals surface area contributed by atoms with Crippen molar-refractivity contribution in [2.24, 2.45) is 0 Å². The van der Waals surface area contributed by atoms with Gasteiger partial charge in [-0.3, -0.25) is 13.8 Å². The second-order valence-corrected chi connectivity index (χ2v) is 16.9. The van der Waals surface area contributed by atoms with Crippen molar-refractivity contribution in [3.8, 4) is 0 Å². The Morgan fingerprint density at radius 2 is 1.10 bits per heavy atom. The van der Waals surface area contributed by atoms with Gasteiger partial charge in [0.05, 0.1) is 39.9 Å². The minimum atomic E-state index is -4.42. The molecule has 0 heterocycles. The van der Waals surface area contributed by atoms with Gasteiger partial charge in [0.15, 0.2) is 0 Å². The highest BCUT2D eigenvalue weighted by Crippen LogP contribution is 2.43. The van der Waals surface area contributed by atoms with Gasteiger partial charge in [-0.1, -0.05) is 121 Å². The standard InChI is InChI=1S/C42H81N2O7P/c1-6-8-10-12-14-16-18-20-21-22-23-25-27-29-31-33-35-41(46)43-39(38-51-52(48,49)50-37-36-44(3,4)5)42(47)40(45)34-32-30-28-26-24-19-17-15-13-11-9-7-2/h15,17,21-22,26,28,39-40,42,45,47H,6-14,16,18-20,23-25,27,29-38H2,1-5H3,(H-,43,46,48,49)/p+1/b17-15+,22-21-,28-26+. The Balaban J connectivity index is 4.62. The van der Waals surface area contributed by atoms with Gasteiger partial charge in [0, 0.05) is 6.42 Å². The topological polar surface area (TPSA) is 125 Å². The first-order valence-electron chi connectivity index (χ1n) is 20.9. The largest absolute Gasteiger partial charge is 0.472 e. The second kappa shape index (κ2) is 34.2. The zero-order chi connectivity index (χ0) is 38.8. The van der Waals surface area contributed by atoms with Crippen LogP contribution in [0.25, 0.3) is 0 Å². The van der Waals surface area contributed by atoms with Crippen LogP contribution < -0.4 is 5.32 Å². The lowest BCUT2D eigenvalue weighted by atomic mass is 10.0. The van der Waals surface area contributed by atoms with Crippen LogP contribution in [0.4, 0.5) is 0 Å². The molecule has 0 saturated heterocycles. The van der Waals surface area contributed by atoms with Crippen LogP contribution in [0.1, 0.15) is 168 Å². The number of quaternary nitrogens is 1. The molecule has 0 aliphatic rings. The van der Waals surface area contributed by atoms with Crippen molar-refractivity contribution in [1.29, 1.82) is 0 Å². The summed E-state index contributed by atoms with van der Waals surface area (Å²) in [5.74, 6) is -0.283. The molecule has 0 rings (SSSR count). The maximum Gasteiger partial charge on any atom is 0.472 e. The summed E-state index contributed by atoms with van der Waals surface area (Å²) in [6, 6.07) is -1.06. The van der Waals surface area contributed by atoms with Crippen molar-refractivity contribution in [3.05, 3.63) is 36.5 Å². The van der Waals surface area contributed by atoms with E-state index in [-0.39, 0.29) is 18.9 Å². The molecule has 10 heteroatoms. The maximum atomic E-state index is 12.9. The average Bonchev–Trinajstić information content (AvgIpc) is 3.09. The summed E-state index contributed by atoms with van der Waals surface area (Å²) in [7, 11) is 1.40. The first-order chi connectivity index (χ1) is 24.9. The number of allylic oxidation sites excluding steroid dienone is 6. The van der Waals surface area contributed by atoms with Crippen molar-refractivity contribution in [2.45, 2.75) is 186 Å². The Bertz CT molecular complexity index is 966. The van der Waals surface area contributed by atoms with Crippen molar-refractivity contribution in [1.82, 2.24) is 5.32 Å². The molecular formula is C42H82N2O7P+. The maximum absolute atomic E-state index is 12.9. The van der Waals surface area contributed by atoms with Gasteiger partial charge in [-0.25, -0.2) is 4.57 Å². The van der Waals surface area contributed by atoms with Crippen LogP contribution in [-0.4, -0.2) is 84.6 Å². The molecule has 0 bridgehead atoms. The minimum Gasteiger partial charge on any atom is -0.390 e. The number of likely N-dealkylation sites (N-methyl/N-ethyl adjacent to an activating group) is 1. The molecular weight excluding hydrogens is 675 g/mol. The molecule has 4 N–H and O–H groups in total. The third-order valence-corrected chi connectivity index (χ3v) is 10.2. The molecule has 0 saturated carbocycles. The first-order valence-corrected chi connectivity index (χ1v) is 22.4. The Morgan fingerprint density at radius 1 is 0.654 bits per heavy atom.